The van der Waals surface area contributed by atoms with E-state index in [4.69, 9.17) is 0 Å². The van der Waals surface area contributed by atoms with Crippen LogP contribution >= 0.6 is 0 Å². The minimum atomic E-state index is 0.162. The van der Waals surface area contributed by atoms with Gasteiger partial charge < -0.3 is 0 Å². The number of nitrogens with zero attached hydrogens (tertiary/aromatic N) is 4. The van der Waals surface area contributed by atoms with E-state index in [2.05, 4.69) is 22.0 Å². The predicted octanol–water partition coefficient (Wildman–Crippen LogP) is 2.27. The van der Waals surface area contributed by atoms with Crippen LogP contribution in [0, 0.1) is 0 Å². The summed E-state index contributed by atoms with van der Waals surface area (Å²) in [6, 6.07) is 1.92. The molecule has 5 nitrogen and oxygen atoms in total. The Morgan fingerprint density at radius 2 is 2.26 bits per heavy atom. The summed E-state index contributed by atoms with van der Waals surface area (Å²) in [5, 5.41) is 4.28. The van der Waals surface area contributed by atoms with Crippen molar-refractivity contribution in [1.29, 1.82) is 0 Å². The molecule has 2 heterocycles. The summed E-state index contributed by atoms with van der Waals surface area (Å²) in [4.78, 5) is 20.6. The highest BCUT2D eigenvalue weighted by molar-refractivity contribution is 5.97. The summed E-state index contributed by atoms with van der Waals surface area (Å²) < 4.78 is 1.91. The Morgan fingerprint density at radius 1 is 1.37 bits per heavy atom. The zero-order valence-electron chi connectivity index (χ0n) is 11.0. The van der Waals surface area contributed by atoms with Crippen LogP contribution in [-0.2, 0) is 13.0 Å². The molecule has 0 atom stereocenters. The van der Waals surface area contributed by atoms with Gasteiger partial charge in [0.15, 0.2) is 11.6 Å². The van der Waals surface area contributed by atoms with Gasteiger partial charge in [0, 0.05) is 25.4 Å². The van der Waals surface area contributed by atoms with Crippen LogP contribution in [0.15, 0.2) is 18.5 Å². The van der Waals surface area contributed by atoms with E-state index in [0.717, 1.165) is 37.2 Å². The zero-order valence-corrected chi connectivity index (χ0v) is 11.0. The molecule has 2 aromatic heterocycles. The second kappa shape index (κ2) is 4.91. The van der Waals surface area contributed by atoms with E-state index >= 15 is 0 Å². The van der Waals surface area contributed by atoms with Crippen molar-refractivity contribution in [2.24, 2.45) is 0 Å². The first-order valence-corrected chi connectivity index (χ1v) is 6.71. The highest BCUT2D eigenvalue weighted by atomic mass is 16.1. The third-order valence-electron chi connectivity index (χ3n) is 3.37. The number of aromatic nitrogens is 4. The molecule has 0 unspecified atom stereocenters. The van der Waals surface area contributed by atoms with E-state index in [1.807, 2.05) is 10.7 Å². The van der Waals surface area contributed by atoms with Gasteiger partial charge in [-0.3, -0.25) is 9.48 Å². The first-order valence-electron chi connectivity index (χ1n) is 6.71. The Balaban J connectivity index is 2.02. The molecule has 1 aliphatic carbocycles. The molecule has 98 valence electrons. The molecule has 5 heteroatoms. The van der Waals surface area contributed by atoms with E-state index in [0.29, 0.717) is 17.8 Å². The first kappa shape index (κ1) is 12.0. The minimum absolute atomic E-state index is 0.162. The van der Waals surface area contributed by atoms with Crippen LogP contribution in [0.4, 0.5) is 0 Å². The standard InChI is InChI=1S/C14H16N4O/c1-2-8-18-12(6-7-16-18)14-15-9-10-11(17-14)4-3-5-13(10)19/h6-7,9H,2-5,8H2,1H3. The van der Waals surface area contributed by atoms with Crippen molar-refractivity contribution < 1.29 is 4.79 Å². The van der Waals surface area contributed by atoms with Crippen LogP contribution in [0.2, 0.25) is 0 Å². The van der Waals surface area contributed by atoms with Gasteiger partial charge in [0.25, 0.3) is 0 Å². The zero-order chi connectivity index (χ0) is 13.2. The van der Waals surface area contributed by atoms with Gasteiger partial charge in [-0.15, -0.1) is 0 Å². The van der Waals surface area contributed by atoms with E-state index in [1.165, 1.54) is 0 Å². The maximum atomic E-state index is 11.8. The molecule has 0 radical (unpaired) electrons. The van der Waals surface area contributed by atoms with E-state index < -0.39 is 0 Å². The topological polar surface area (TPSA) is 60.7 Å². The van der Waals surface area contributed by atoms with Crippen LogP contribution in [0.5, 0.6) is 0 Å². The summed E-state index contributed by atoms with van der Waals surface area (Å²) in [6.45, 7) is 2.96. The number of hydrogen-bond donors (Lipinski definition) is 0. The van der Waals surface area contributed by atoms with Gasteiger partial charge in [0.1, 0.15) is 5.69 Å². The highest BCUT2D eigenvalue weighted by Gasteiger charge is 2.20. The molecule has 0 fully saturated rings. The van der Waals surface area contributed by atoms with Crippen LogP contribution in [-0.4, -0.2) is 25.5 Å². The summed E-state index contributed by atoms with van der Waals surface area (Å²) in [6.07, 6.45) is 6.80. The van der Waals surface area contributed by atoms with Crippen molar-refractivity contribution in [3.8, 4) is 11.5 Å². The fourth-order valence-electron chi connectivity index (χ4n) is 2.43. The predicted molar refractivity (Wildman–Crippen MR) is 70.8 cm³/mol. The number of carbonyl (C=O) groups excluding carboxylic acids is 1. The summed E-state index contributed by atoms with van der Waals surface area (Å²) in [5.41, 5.74) is 2.49. The largest absolute Gasteiger partial charge is 0.294 e. The van der Waals surface area contributed by atoms with Crippen LogP contribution < -0.4 is 0 Å². The number of hydrogen-bond acceptors (Lipinski definition) is 4. The SMILES string of the molecule is CCCn1nccc1-c1ncc2c(n1)CCCC2=O. The van der Waals surface area contributed by atoms with Gasteiger partial charge in [0.05, 0.1) is 11.3 Å². The number of fused-ring (bicyclic) bond motifs is 1. The van der Waals surface area contributed by atoms with Crippen LogP contribution in [0.1, 0.15) is 42.2 Å². The highest BCUT2D eigenvalue weighted by Crippen LogP contribution is 2.22. The van der Waals surface area contributed by atoms with E-state index in [9.17, 15) is 4.79 Å². The fraction of sp³-hybridized carbons (Fsp3) is 0.429. The molecular weight excluding hydrogens is 240 g/mol. The van der Waals surface area contributed by atoms with Crippen LogP contribution in [0.3, 0.4) is 0 Å². The quantitative estimate of drug-likeness (QED) is 0.845. The fourth-order valence-corrected chi connectivity index (χ4v) is 2.43. The van der Waals surface area contributed by atoms with E-state index in [1.54, 1.807) is 12.4 Å². The van der Waals surface area contributed by atoms with Crippen molar-refractivity contribution in [2.75, 3.05) is 0 Å². The van der Waals surface area contributed by atoms with Crippen LogP contribution in [0.25, 0.3) is 11.5 Å². The number of carbonyl (C=O) groups is 1. The van der Waals surface area contributed by atoms with Crippen molar-refractivity contribution in [3.05, 3.63) is 29.7 Å². The molecule has 0 N–H and O–H groups in total. The summed E-state index contributed by atoms with van der Waals surface area (Å²) >= 11 is 0. The maximum Gasteiger partial charge on any atom is 0.178 e. The molecule has 2 aromatic rings. The Kier molecular flexibility index (Phi) is 3.11. The number of Topliss-reactive ketones (excluding diaryl/α,β-unsaturated/α-hetero) is 1. The second-order valence-electron chi connectivity index (χ2n) is 4.77. The van der Waals surface area contributed by atoms with Gasteiger partial charge in [-0.05, 0) is 25.3 Å². The van der Waals surface area contributed by atoms with Gasteiger partial charge in [0.2, 0.25) is 0 Å². The van der Waals surface area contributed by atoms with Crippen molar-refractivity contribution >= 4 is 5.78 Å². The van der Waals surface area contributed by atoms with Crippen molar-refractivity contribution in [1.82, 2.24) is 19.7 Å². The Hall–Kier alpha value is -2.04. The molecule has 0 saturated heterocycles. The van der Waals surface area contributed by atoms with Gasteiger partial charge in [-0.1, -0.05) is 6.92 Å². The molecule has 0 amide bonds. The Bertz CT molecular complexity index is 618. The molecule has 19 heavy (non-hydrogen) atoms. The number of ketones is 1. The van der Waals surface area contributed by atoms with Crippen molar-refractivity contribution in [3.63, 3.8) is 0 Å². The number of rotatable bonds is 3. The molecule has 3 rings (SSSR count). The molecule has 0 bridgehead atoms. The lowest BCUT2D eigenvalue weighted by molar-refractivity contribution is 0.0971. The summed E-state index contributed by atoms with van der Waals surface area (Å²) in [5.74, 6) is 0.828. The lowest BCUT2D eigenvalue weighted by atomic mass is 9.96. The smallest absolute Gasteiger partial charge is 0.178 e. The first-order chi connectivity index (χ1) is 9.29. The second-order valence-corrected chi connectivity index (χ2v) is 4.77. The monoisotopic (exact) mass is 256 g/mol. The average molecular weight is 256 g/mol. The molecule has 0 spiro atoms. The third kappa shape index (κ3) is 2.16. The maximum absolute atomic E-state index is 11.8. The molecular formula is C14H16N4O. The number of aryl methyl sites for hydroxylation is 2. The van der Waals surface area contributed by atoms with Gasteiger partial charge in [-0.25, -0.2) is 9.97 Å². The molecule has 1 aliphatic rings. The Morgan fingerprint density at radius 3 is 3.11 bits per heavy atom. The molecule has 0 aromatic carbocycles. The molecule has 0 saturated carbocycles. The van der Waals surface area contributed by atoms with Crippen molar-refractivity contribution in [2.45, 2.75) is 39.2 Å². The average Bonchev–Trinajstić information content (AvgIpc) is 2.87. The van der Waals surface area contributed by atoms with Gasteiger partial charge >= 0.3 is 0 Å². The molecule has 0 aliphatic heterocycles. The Labute approximate surface area is 111 Å². The lowest BCUT2D eigenvalue weighted by Crippen LogP contribution is -2.14. The minimum Gasteiger partial charge on any atom is -0.294 e. The normalized spacial score (nSPS) is 14.5. The van der Waals surface area contributed by atoms with E-state index in [-0.39, 0.29) is 5.78 Å². The summed E-state index contributed by atoms with van der Waals surface area (Å²) in [7, 11) is 0. The van der Waals surface area contributed by atoms with Gasteiger partial charge in [-0.2, -0.15) is 5.10 Å². The third-order valence-corrected chi connectivity index (χ3v) is 3.37. The lowest BCUT2D eigenvalue weighted by Gasteiger charge is -2.14.